The standard InChI is InChI=1S/C31H51N3O5/c1-8-10-14-19-34(29(37)26(21(3)9-2)33-30(38)39-31(5,6)7)27(23-17-18-25(35)22(4)20-23)28(36)32-24-15-12-11-13-16-24/h17-18,20-21,24,26-27,35H,8-16,19H2,1-7H3,(H,32,36)(H,33,38). The summed E-state index contributed by atoms with van der Waals surface area (Å²) in [5, 5.41) is 16.2. The zero-order chi connectivity index (χ0) is 29.2. The molecule has 220 valence electrons. The van der Waals surface area contributed by atoms with E-state index in [2.05, 4.69) is 17.6 Å². The number of nitrogens with zero attached hydrogens (tertiary/aromatic N) is 1. The van der Waals surface area contributed by atoms with Crippen LogP contribution in [0.4, 0.5) is 4.79 Å². The maximum Gasteiger partial charge on any atom is 0.408 e. The first kappa shape index (κ1) is 32.4. The van der Waals surface area contributed by atoms with Gasteiger partial charge in [-0.15, -0.1) is 0 Å². The van der Waals surface area contributed by atoms with Gasteiger partial charge in [0.25, 0.3) is 0 Å². The van der Waals surface area contributed by atoms with Gasteiger partial charge in [0.05, 0.1) is 0 Å². The van der Waals surface area contributed by atoms with Crippen molar-refractivity contribution in [3.8, 4) is 5.75 Å². The molecule has 1 fully saturated rings. The van der Waals surface area contributed by atoms with Gasteiger partial charge in [0.15, 0.2) is 0 Å². The lowest BCUT2D eigenvalue weighted by Crippen LogP contribution is -2.56. The summed E-state index contributed by atoms with van der Waals surface area (Å²) >= 11 is 0. The van der Waals surface area contributed by atoms with Crippen LogP contribution in [0.15, 0.2) is 18.2 Å². The van der Waals surface area contributed by atoms with Gasteiger partial charge in [0.1, 0.15) is 23.4 Å². The van der Waals surface area contributed by atoms with Gasteiger partial charge in [-0.05, 0) is 76.1 Å². The predicted octanol–water partition coefficient (Wildman–Crippen LogP) is 6.15. The van der Waals surface area contributed by atoms with E-state index in [4.69, 9.17) is 4.74 Å². The van der Waals surface area contributed by atoms with Gasteiger partial charge in [-0.3, -0.25) is 9.59 Å². The first-order chi connectivity index (χ1) is 18.4. The molecule has 0 aliphatic heterocycles. The molecule has 0 saturated heterocycles. The number of unbranched alkanes of at least 4 members (excludes halogenated alkanes) is 2. The van der Waals surface area contributed by atoms with E-state index < -0.39 is 23.8 Å². The molecule has 3 amide bonds. The van der Waals surface area contributed by atoms with E-state index in [-0.39, 0.29) is 29.5 Å². The second-order valence-electron chi connectivity index (χ2n) is 12.0. The largest absolute Gasteiger partial charge is 0.508 e. The minimum absolute atomic E-state index is 0.0739. The van der Waals surface area contributed by atoms with Crippen molar-refractivity contribution in [2.75, 3.05) is 6.54 Å². The summed E-state index contributed by atoms with van der Waals surface area (Å²) in [5.41, 5.74) is 0.567. The van der Waals surface area contributed by atoms with Crippen LogP contribution in [-0.4, -0.2) is 52.1 Å². The first-order valence-corrected chi connectivity index (χ1v) is 14.8. The molecule has 0 aromatic heterocycles. The predicted molar refractivity (Wildman–Crippen MR) is 154 cm³/mol. The van der Waals surface area contributed by atoms with Crippen molar-refractivity contribution in [2.24, 2.45) is 5.92 Å². The topological polar surface area (TPSA) is 108 Å². The summed E-state index contributed by atoms with van der Waals surface area (Å²) in [6.07, 6.45) is 7.76. The van der Waals surface area contributed by atoms with E-state index in [1.165, 1.54) is 6.42 Å². The first-order valence-electron chi connectivity index (χ1n) is 14.8. The third-order valence-electron chi connectivity index (χ3n) is 7.49. The Bertz CT molecular complexity index is 952. The van der Waals surface area contributed by atoms with Crippen LogP contribution in [0, 0.1) is 12.8 Å². The molecular formula is C31H51N3O5. The second kappa shape index (κ2) is 15.1. The van der Waals surface area contributed by atoms with Crippen molar-refractivity contribution in [2.45, 2.75) is 130 Å². The number of phenolic OH excluding ortho intramolecular Hbond substituents is 1. The molecular weight excluding hydrogens is 494 g/mol. The highest BCUT2D eigenvalue weighted by atomic mass is 16.6. The Balaban J connectivity index is 2.51. The van der Waals surface area contributed by atoms with Crippen molar-refractivity contribution in [1.82, 2.24) is 15.5 Å². The highest BCUT2D eigenvalue weighted by Crippen LogP contribution is 2.29. The minimum atomic E-state index is -0.887. The summed E-state index contributed by atoms with van der Waals surface area (Å²) in [5.74, 6) is -0.571. The Morgan fingerprint density at radius 3 is 2.33 bits per heavy atom. The van der Waals surface area contributed by atoms with Crippen LogP contribution < -0.4 is 10.6 Å². The van der Waals surface area contributed by atoms with Crippen molar-refractivity contribution in [1.29, 1.82) is 0 Å². The Morgan fingerprint density at radius 2 is 1.77 bits per heavy atom. The monoisotopic (exact) mass is 545 g/mol. The lowest BCUT2D eigenvalue weighted by Gasteiger charge is -2.37. The Hall–Kier alpha value is -2.77. The summed E-state index contributed by atoms with van der Waals surface area (Å²) in [7, 11) is 0. The van der Waals surface area contributed by atoms with Crippen molar-refractivity contribution in [3.05, 3.63) is 29.3 Å². The third-order valence-corrected chi connectivity index (χ3v) is 7.49. The molecule has 8 nitrogen and oxygen atoms in total. The second-order valence-corrected chi connectivity index (χ2v) is 12.0. The molecule has 3 atom stereocenters. The van der Waals surface area contributed by atoms with Gasteiger partial charge < -0.3 is 25.4 Å². The van der Waals surface area contributed by atoms with Gasteiger partial charge >= 0.3 is 6.09 Å². The van der Waals surface area contributed by atoms with Crippen LogP contribution in [0.5, 0.6) is 5.75 Å². The molecule has 1 aliphatic rings. The minimum Gasteiger partial charge on any atom is -0.508 e. The van der Waals surface area contributed by atoms with E-state index in [1.54, 1.807) is 50.8 Å². The van der Waals surface area contributed by atoms with Crippen molar-refractivity contribution >= 4 is 17.9 Å². The maximum absolute atomic E-state index is 14.3. The van der Waals surface area contributed by atoms with Gasteiger partial charge in [0, 0.05) is 12.6 Å². The number of alkyl carbamates (subject to hydrolysis) is 1. The molecule has 1 saturated carbocycles. The lowest BCUT2D eigenvalue weighted by atomic mass is 9.93. The van der Waals surface area contributed by atoms with Crippen LogP contribution in [0.3, 0.4) is 0 Å². The number of rotatable bonds is 12. The number of amides is 3. The van der Waals surface area contributed by atoms with E-state index in [0.29, 0.717) is 24.1 Å². The summed E-state index contributed by atoms with van der Waals surface area (Å²) in [6, 6.07) is 3.40. The van der Waals surface area contributed by atoms with Crippen LogP contribution in [0.2, 0.25) is 0 Å². The number of benzene rings is 1. The van der Waals surface area contributed by atoms with Gasteiger partial charge in [-0.2, -0.15) is 0 Å². The molecule has 39 heavy (non-hydrogen) atoms. The normalized spacial score (nSPS) is 16.6. The fourth-order valence-corrected chi connectivity index (χ4v) is 5.04. The van der Waals surface area contributed by atoms with Crippen LogP contribution in [0.25, 0.3) is 0 Å². The van der Waals surface area contributed by atoms with E-state index >= 15 is 0 Å². The third kappa shape index (κ3) is 10.0. The van der Waals surface area contributed by atoms with Gasteiger partial charge in [-0.1, -0.05) is 65.4 Å². The molecule has 1 aromatic rings. The lowest BCUT2D eigenvalue weighted by molar-refractivity contribution is -0.144. The molecule has 8 heteroatoms. The molecule has 1 aromatic carbocycles. The highest BCUT2D eigenvalue weighted by Gasteiger charge is 2.38. The summed E-state index contributed by atoms with van der Waals surface area (Å²) in [4.78, 5) is 42.7. The van der Waals surface area contributed by atoms with Crippen LogP contribution >= 0.6 is 0 Å². The Labute approximate surface area is 235 Å². The maximum atomic E-state index is 14.3. The fraction of sp³-hybridized carbons (Fsp3) is 0.710. The SMILES string of the molecule is CCCCCN(C(=O)C(NC(=O)OC(C)(C)C)C(C)CC)C(C(=O)NC1CCCCC1)c1ccc(O)c(C)c1. The number of carbonyl (C=O) groups is 3. The number of ether oxygens (including phenoxy) is 1. The van der Waals surface area contributed by atoms with Crippen molar-refractivity contribution in [3.63, 3.8) is 0 Å². The molecule has 3 N–H and O–H groups in total. The quantitative estimate of drug-likeness (QED) is 0.273. The Kier molecular flexibility index (Phi) is 12.6. The zero-order valence-corrected chi connectivity index (χ0v) is 25.1. The molecule has 2 rings (SSSR count). The van der Waals surface area contributed by atoms with Gasteiger partial charge in [-0.25, -0.2) is 4.79 Å². The molecule has 0 bridgehead atoms. The fourth-order valence-electron chi connectivity index (χ4n) is 5.04. The zero-order valence-electron chi connectivity index (χ0n) is 25.1. The molecule has 0 spiro atoms. The summed E-state index contributed by atoms with van der Waals surface area (Å²) < 4.78 is 5.49. The number of carbonyl (C=O) groups excluding carboxylic acids is 3. The molecule has 0 radical (unpaired) electrons. The average Bonchev–Trinajstić information content (AvgIpc) is 2.87. The smallest absolute Gasteiger partial charge is 0.408 e. The van der Waals surface area contributed by atoms with Crippen molar-refractivity contribution < 1.29 is 24.2 Å². The number of hydrogen-bond donors (Lipinski definition) is 3. The number of hydrogen-bond acceptors (Lipinski definition) is 5. The molecule has 0 heterocycles. The molecule has 3 unspecified atom stereocenters. The molecule has 1 aliphatic carbocycles. The Morgan fingerprint density at radius 1 is 1.10 bits per heavy atom. The van der Waals surface area contributed by atoms with Gasteiger partial charge in [0.2, 0.25) is 11.8 Å². The number of aromatic hydroxyl groups is 1. The van der Waals surface area contributed by atoms with E-state index in [0.717, 1.165) is 44.9 Å². The van der Waals surface area contributed by atoms with E-state index in [9.17, 15) is 19.5 Å². The number of nitrogens with one attached hydrogen (secondary N) is 2. The summed E-state index contributed by atoms with van der Waals surface area (Å²) in [6.45, 7) is 13.5. The van der Waals surface area contributed by atoms with E-state index in [1.807, 2.05) is 13.8 Å². The average molecular weight is 546 g/mol. The van der Waals surface area contributed by atoms with Crippen LogP contribution in [0.1, 0.15) is 116 Å². The highest BCUT2D eigenvalue weighted by molar-refractivity contribution is 5.92. The number of aryl methyl sites for hydroxylation is 1. The number of phenols is 1. The van der Waals surface area contributed by atoms with Crippen LogP contribution in [-0.2, 0) is 14.3 Å².